The molecular weight excluding hydrogens is 356 g/mol. The number of hydrogen-bond acceptors (Lipinski definition) is 2. The molecule has 0 aromatic heterocycles. The van der Waals surface area contributed by atoms with Crippen molar-refractivity contribution in [1.82, 2.24) is 0 Å². The molecule has 154 valence electrons. The summed E-state index contributed by atoms with van der Waals surface area (Å²) in [6.45, 7) is 7.22. The van der Waals surface area contributed by atoms with Crippen LogP contribution in [-0.4, -0.2) is 13.2 Å². The van der Waals surface area contributed by atoms with E-state index in [0.29, 0.717) is 13.2 Å². The topological polar surface area (TPSA) is 18.5 Å². The Morgan fingerprint density at radius 1 is 0.793 bits per heavy atom. The third-order valence-electron chi connectivity index (χ3n) is 5.63. The van der Waals surface area contributed by atoms with E-state index in [2.05, 4.69) is 74.5 Å². The van der Waals surface area contributed by atoms with E-state index in [9.17, 15) is 0 Å². The molecular formula is C27H34O2. The second-order valence-electron chi connectivity index (χ2n) is 8.10. The van der Waals surface area contributed by atoms with Crippen LogP contribution in [0.4, 0.5) is 0 Å². The molecule has 29 heavy (non-hydrogen) atoms. The Morgan fingerprint density at radius 3 is 1.83 bits per heavy atom. The van der Waals surface area contributed by atoms with E-state index < -0.39 is 0 Å². The highest BCUT2D eigenvalue weighted by atomic mass is 16.5. The van der Waals surface area contributed by atoms with Gasteiger partial charge in [-0.1, -0.05) is 92.2 Å². The Hall–Kier alpha value is -2.16. The van der Waals surface area contributed by atoms with Gasteiger partial charge in [-0.05, 0) is 42.4 Å². The van der Waals surface area contributed by atoms with Crippen LogP contribution in [0.15, 0.2) is 84.0 Å². The number of ether oxygens (including phenoxy) is 2. The Kier molecular flexibility index (Phi) is 8.27. The van der Waals surface area contributed by atoms with E-state index in [4.69, 9.17) is 9.47 Å². The highest BCUT2D eigenvalue weighted by molar-refractivity contribution is 5.33. The van der Waals surface area contributed by atoms with Gasteiger partial charge in [0.25, 0.3) is 0 Å². The van der Waals surface area contributed by atoms with Gasteiger partial charge in [0.05, 0.1) is 26.4 Å². The van der Waals surface area contributed by atoms with Crippen molar-refractivity contribution in [3.63, 3.8) is 0 Å². The minimum Gasteiger partial charge on any atom is -0.376 e. The molecule has 0 fully saturated rings. The molecule has 2 aromatic rings. The van der Waals surface area contributed by atoms with Crippen LogP contribution in [0.1, 0.15) is 50.7 Å². The van der Waals surface area contributed by atoms with Crippen molar-refractivity contribution >= 4 is 0 Å². The first kappa shape index (κ1) is 21.5. The molecule has 1 aliphatic carbocycles. The first-order chi connectivity index (χ1) is 14.2. The molecule has 2 aromatic carbocycles. The van der Waals surface area contributed by atoms with Gasteiger partial charge in [-0.2, -0.15) is 0 Å². The molecule has 2 nitrogen and oxygen atoms in total. The molecule has 0 radical (unpaired) electrons. The van der Waals surface area contributed by atoms with Crippen molar-refractivity contribution in [2.75, 3.05) is 13.2 Å². The molecule has 3 rings (SSSR count). The van der Waals surface area contributed by atoms with Crippen LogP contribution in [0.3, 0.4) is 0 Å². The van der Waals surface area contributed by atoms with E-state index in [1.54, 1.807) is 5.57 Å². The maximum atomic E-state index is 6.22. The summed E-state index contributed by atoms with van der Waals surface area (Å²) in [5.74, 6) is 0. The van der Waals surface area contributed by atoms with E-state index in [0.717, 1.165) is 38.9 Å². The van der Waals surface area contributed by atoms with E-state index in [1.165, 1.54) is 16.7 Å². The second kappa shape index (κ2) is 11.1. The van der Waals surface area contributed by atoms with Crippen LogP contribution in [0.25, 0.3) is 0 Å². The van der Waals surface area contributed by atoms with Crippen LogP contribution in [-0.2, 0) is 22.7 Å². The lowest BCUT2D eigenvalue weighted by Gasteiger charge is -2.29. The third-order valence-corrected chi connectivity index (χ3v) is 5.63. The normalized spacial score (nSPS) is 16.1. The molecule has 2 heteroatoms. The molecule has 0 amide bonds. The maximum absolute atomic E-state index is 6.22. The molecule has 0 saturated heterocycles. The summed E-state index contributed by atoms with van der Waals surface area (Å²) in [6, 6.07) is 20.9. The van der Waals surface area contributed by atoms with Crippen molar-refractivity contribution in [1.29, 1.82) is 0 Å². The highest BCUT2D eigenvalue weighted by Gasteiger charge is 2.38. The minimum absolute atomic E-state index is 0.0301. The number of rotatable bonds is 11. The van der Waals surface area contributed by atoms with Gasteiger partial charge < -0.3 is 9.47 Å². The maximum Gasteiger partial charge on any atom is 0.0717 e. The predicted molar refractivity (Wildman–Crippen MR) is 121 cm³/mol. The van der Waals surface area contributed by atoms with Crippen LogP contribution in [0.2, 0.25) is 0 Å². The van der Waals surface area contributed by atoms with Gasteiger partial charge in [-0.3, -0.25) is 0 Å². The van der Waals surface area contributed by atoms with Crippen molar-refractivity contribution in [2.45, 2.75) is 52.7 Å². The van der Waals surface area contributed by atoms with Crippen molar-refractivity contribution in [2.24, 2.45) is 5.41 Å². The van der Waals surface area contributed by atoms with Gasteiger partial charge in [-0.15, -0.1) is 0 Å². The fraction of sp³-hybridized carbons (Fsp3) is 0.407. The van der Waals surface area contributed by atoms with Gasteiger partial charge in [0.15, 0.2) is 0 Å². The smallest absolute Gasteiger partial charge is 0.0717 e. The quantitative estimate of drug-likeness (QED) is 0.417. The van der Waals surface area contributed by atoms with Crippen molar-refractivity contribution in [3.05, 3.63) is 95.1 Å². The fourth-order valence-electron chi connectivity index (χ4n) is 4.11. The summed E-state index contributed by atoms with van der Waals surface area (Å²) in [4.78, 5) is 0. The molecule has 0 saturated carbocycles. The van der Waals surface area contributed by atoms with Gasteiger partial charge in [0.1, 0.15) is 0 Å². The molecule has 0 aliphatic heterocycles. The average Bonchev–Trinajstić information content (AvgIpc) is 3.11. The van der Waals surface area contributed by atoms with Crippen LogP contribution in [0, 0.1) is 5.41 Å². The van der Waals surface area contributed by atoms with Crippen molar-refractivity contribution in [3.8, 4) is 0 Å². The Labute approximate surface area is 176 Å². The van der Waals surface area contributed by atoms with Gasteiger partial charge >= 0.3 is 0 Å². The summed E-state index contributed by atoms with van der Waals surface area (Å²) in [5, 5.41) is 0. The standard InChI is InChI=1S/C27H34O2/c1-3-5-16-26-18-27(17-25(26)4-2,21-28-19-23-12-8-6-9-13-23)22-29-20-24-14-10-7-11-15-24/h5-16H,3-4,17-22H2,1-2H3/b16-5+. The zero-order valence-corrected chi connectivity index (χ0v) is 17.9. The first-order valence-electron chi connectivity index (χ1n) is 10.9. The summed E-state index contributed by atoms with van der Waals surface area (Å²) in [6.07, 6.45) is 8.88. The molecule has 0 spiro atoms. The number of allylic oxidation sites excluding steroid dienone is 4. The first-order valence-corrected chi connectivity index (χ1v) is 10.9. The van der Waals surface area contributed by atoms with E-state index in [1.807, 2.05) is 12.1 Å². The Bertz CT molecular complexity index is 744. The molecule has 0 heterocycles. The number of hydrogen-bond donors (Lipinski definition) is 0. The van der Waals surface area contributed by atoms with Gasteiger partial charge in [0, 0.05) is 5.41 Å². The minimum atomic E-state index is 0.0301. The van der Waals surface area contributed by atoms with E-state index >= 15 is 0 Å². The second-order valence-corrected chi connectivity index (χ2v) is 8.10. The van der Waals surface area contributed by atoms with Crippen molar-refractivity contribution < 1.29 is 9.47 Å². The highest BCUT2D eigenvalue weighted by Crippen LogP contribution is 2.44. The predicted octanol–water partition coefficient (Wildman–Crippen LogP) is 6.87. The van der Waals surface area contributed by atoms with Gasteiger partial charge in [-0.25, -0.2) is 0 Å². The summed E-state index contributed by atoms with van der Waals surface area (Å²) < 4.78 is 12.4. The lowest BCUT2D eigenvalue weighted by Crippen LogP contribution is -2.30. The molecule has 0 N–H and O–H groups in total. The largest absolute Gasteiger partial charge is 0.376 e. The zero-order chi connectivity index (χ0) is 20.4. The SMILES string of the molecule is CC/C=C/C1=C(CC)CC(COCc2ccccc2)(COCc2ccccc2)C1. The molecule has 0 unspecified atom stereocenters. The van der Waals surface area contributed by atoms with Gasteiger partial charge in [0.2, 0.25) is 0 Å². The molecule has 1 aliphatic rings. The Morgan fingerprint density at radius 2 is 1.34 bits per heavy atom. The fourth-order valence-corrected chi connectivity index (χ4v) is 4.11. The average molecular weight is 391 g/mol. The lowest BCUT2D eigenvalue weighted by atomic mass is 9.85. The zero-order valence-electron chi connectivity index (χ0n) is 17.9. The van der Waals surface area contributed by atoms with Crippen LogP contribution in [0.5, 0.6) is 0 Å². The molecule has 0 bridgehead atoms. The summed E-state index contributed by atoms with van der Waals surface area (Å²) in [7, 11) is 0. The summed E-state index contributed by atoms with van der Waals surface area (Å²) in [5.41, 5.74) is 5.52. The summed E-state index contributed by atoms with van der Waals surface area (Å²) >= 11 is 0. The molecule has 0 atom stereocenters. The third kappa shape index (κ3) is 6.42. The Balaban J connectivity index is 1.65. The lowest BCUT2D eigenvalue weighted by molar-refractivity contribution is -0.0281. The van der Waals surface area contributed by atoms with E-state index in [-0.39, 0.29) is 5.41 Å². The van der Waals surface area contributed by atoms with Crippen LogP contribution < -0.4 is 0 Å². The number of benzene rings is 2. The monoisotopic (exact) mass is 390 g/mol. The van der Waals surface area contributed by atoms with Crippen LogP contribution >= 0.6 is 0 Å².